The number of hydrogen-bond donors (Lipinski definition) is 1. The first-order valence-electron chi connectivity index (χ1n) is 7.51. The normalized spacial score (nSPS) is 18.6. The minimum atomic E-state index is 0.509. The molecule has 1 aromatic heterocycles. The molecule has 0 saturated carbocycles. The second-order valence-electron chi connectivity index (χ2n) is 6.33. The fourth-order valence-corrected chi connectivity index (χ4v) is 2.52. The third-order valence-electron chi connectivity index (χ3n) is 4.02. The zero-order valence-corrected chi connectivity index (χ0v) is 12.6. The van der Waals surface area contributed by atoms with Crippen LogP contribution in [-0.2, 0) is 6.54 Å². The predicted molar refractivity (Wildman–Crippen MR) is 81.5 cm³/mol. The molecular formula is C16H27N3. The highest BCUT2D eigenvalue weighted by Crippen LogP contribution is 2.32. The summed E-state index contributed by atoms with van der Waals surface area (Å²) in [6.07, 6.45) is 5.66. The topological polar surface area (TPSA) is 28.2 Å². The average molecular weight is 261 g/mol. The summed E-state index contributed by atoms with van der Waals surface area (Å²) in [4.78, 5) is 6.94. The number of nitrogens with one attached hydrogen (secondary N) is 1. The molecule has 0 amide bonds. The molecule has 1 fully saturated rings. The lowest BCUT2D eigenvalue weighted by Gasteiger charge is -2.38. The lowest BCUT2D eigenvalue weighted by atomic mass is 9.82. The minimum absolute atomic E-state index is 0.509. The monoisotopic (exact) mass is 261 g/mol. The van der Waals surface area contributed by atoms with Gasteiger partial charge in [0, 0.05) is 31.5 Å². The van der Waals surface area contributed by atoms with Gasteiger partial charge in [0.1, 0.15) is 0 Å². The van der Waals surface area contributed by atoms with Crippen molar-refractivity contribution < 1.29 is 0 Å². The van der Waals surface area contributed by atoms with E-state index in [0.717, 1.165) is 18.8 Å². The third-order valence-corrected chi connectivity index (χ3v) is 4.02. The largest absolute Gasteiger partial charge is 0.371 e. The fourth-order valence-electron chi connectivity index (χ4n) is 2.52. The molecule has 1 aliphatic heterocycles. The number of pyridine rings is 1. The van der Waals surface area contributed by atoms with Crippen LogP contribution in [0.1, 0.15) is 45.7 Å². The third kappa shape index (κ3) is 4.20. The van der Waals surface area contributed by atoms with E-state index in [1.807, 2.05) is 6.20 Å². The Balaban J connectivity index is 1.95. The molecule has 1 aliphatic rings. The van der Waals surface area contributed by atoms with Gasteiger partial charge in [0.2, 0.25) is 0 Å². The molecular weight excluding hydrogens is 234 g/mol. The first-order chi connectivity index (χ1) is 9.11. The first kappa shape index (κ1) is 14.3. The molecule has 1 aromatic rings. The Kier molecular flexibility index (Phi) is 4.81. The number of hydrogen-bond acceptors (Lipinski definition) is 3. The molecule has 3 heteroatoms. The van der Waals surface area contributed by atoms with Gasteiger partial charge in [0.15, 0.2) is 0 Å². The highest BCUT2D eigenvalue weighted by atomic mass is 15.1. The maximum atomic E-state index is 4.45. The summed E-state index contributed by atoms with van der Waals surface area (Å²) < 4.78 is 0. The molecule has 2 rings (SSSR count). The van der Waals surface area contributed by atoms with Crippen LogP contribution in [0.15, 0.2) is 18.3 Å². The van der Waals surface area contributed by atoms with Crippen molar-refractivity contribution in [2.75, 3.05) is 24.5 Å². The van der Waals surface area contributed by atoms with Crippen LogP contribution in [0.4, 0.5) is 5.69 Å². The van der Waals surface area contributed by atoms with Gasteiger partial charge < -0.3 is 10.2 Å². The molecule has 0 radical (unpaired) electrons. The predicted octanol–water partition coefficient (Wildman–Crippen LogP) is 3.21. The summed E-state index contributed by atoms with van der Waals surface area (Å²) in [5, 5.41) is 3.41. The lowest BCUT2D eigenvalue weighted by Crippen LogP contribution is -2.37. The Bertz CT molecular complexity index is 391. The molecule has 1 saturated heterocycles. The molecule has 1 N–H and O–H groups in total. The van der Waals surface area contributed by atoms with E-state index < -0.39 is 0 Å². The summed E-state index contributed by atoms with van der Waals surface area (Å²) in [7, 11) is 0. The van der Waals surface area contributed by atoms with Crippen molar-refractivity contribution in [1.82, 2.24) is 10.3 Å². The molecule has 2 heterocycles. The van der Waals surface area contributed by atoms with Crippen LogP contribution in [0.2, 0.25) is 0 Å². The smallest absolute Gasteiger partial charge is 0.0562 e. The summed E-state index contributed by atoms with van der Waals surface area (Å²) in [6, 6.07) is 4.38. The van der Waals surface area contributed by atoms with E-state index >= 15 is 0 Å². The van der Waals surface area contributed by atoms with Gasteiger partial charge >= 0.3 is 0 Å². The number of piperidine rings is 1. The van der Waals surface area contributed by atoms with Gasteiger partial charge in [-0.05, 0) is 43.4 Å². The highest BCUT2D eigenvalue weighted by molar-refractivity contribution is 5.47. The zero-order valence-electron chi connectivity index (χ0n) is 12.6. The maximum absolute atomic E-state index is 4.45. The highest BCUT2D eigenvalue weighted by Gasteiger charge is 2.25. The Hall–Kier alpha value is -1.09. The molecule has 3 nitrogen and oxygen atoms in total. The van der Waals surface area contributed by atoms with E-state index in [2.05, 4.69) is 48.1 Å². The van der Waals surface area contributed by atoms with Crippen LogP contribution in [0.5, 0.6) is 0 Å². The maximum Gasteiger partial charge on any atom is 0.0562 e. The Morgan fingerprint density at radius 3 is 2.74 bits per heavy atom. The quantitative estimate of drug-likeness (QED) is 0.825. The molecule has 19 heavy (non-hydrogen) atoms. The molecule has 0 unspecified atom stereocenters. The Morgan fingerprint density at radius 1 is 1.32 bits per heavy atom. The molecule has 0 aliphatic carbocycles. The Labute approximate surface area is 117 Å². The van der Waals surface area contributed by atoms with E-state index in [-0.39, 0.29) is 0 Å². The minimum Gasteiger partial charge on any atom is -0.371 e. The number of aromatic nitrogens is 1. The summed E-state index contributed by atoms with van der Waals surface area (Å²) in [5.74, 6) is 0. The van der Waals surface area contributed by atoms with Crippen molar-refractivity contribution in [3.05, 3.63) is 24.0 Å². The van der Waals surface area contributed by atoms with E-state index in [4.69, 9.17) is 0 Å². The summed E-state index contributed by atoms with van der Waals surface area (Å²) in [6.45, 7) is 11.2. The standard InChI is InChI=1S/C16H27N3/c1-4-8-17-13-14-12-15(5-9-18-14)19-10-6-16(2,3)7-11-19/h5,9,12,17H,4,6-8,10-11,13H2,1-3H3. The Morgan fingerprint density at radius 2 is 2.05 bits per heavy atom. The van der Waals surface area contributed by atoms with Gasteiger partial charge in [-0.3, -0.25) is 4.98 Å². The van der Waals surface area contributed by atoms with Crippen molar-refractivity contribution >= 4 is 5.69 Å². The van der Waals surface area contributed by atoms with Crippen LogP contribution in [0, 0.1) is 5.41 Å². The number of nitrogens with zero attached hydrogens (tertiary/aromatic N) is 2. The van der Waals surface area contributed by atoms with E-state index in [9.17, 15) is 0 Å². The van der Waals surface area contributed by atoms with Crippen molar-refractivity contribution in [1.29, 1.82) is 0 Å². The molecule has 0 aromatic carbocycles. The van der Waals surface area contributed by atoms with Crippen LogP contribution in [0.25, 0.3) is 0 Å². The molecule has 0 bridgehead atoms. The van der Waals surface area contributed by atoms with Gasteiger partial charge in [-0.15, -0.1) is 0 Å². The van der Waals surface area contributed by atoms with Crippen LogP contribution in [-0.4, -0.2) is 24.6 Å². The number of anilines is 1. The summed E-state index contributed by atoms with van der Waals surface area (Å²) >= 11 is 0. The van der Waals surface area contributed by atoms with Gasteiger partial charge in [-0.2, -0.15) is 0 Å². The van der Waals surface area contributed by atoms with Crippen molar-refractivity contribution in [2.24, 2.45) is 5.41 Å². The van der Waals surface area contributed by atoms with Gasteiger partial charge in [-0.1, -0.05) is 20.8 Å². The number of rotatable bonds is 5. The molecule has 0 spiro atoms. The average Bonchev–Trinajstić information content (AvgIpc) is 2.39. The molecule has 0 atom stereocenters. The molecule has 106 valence electrons. The second kappa shape index (κ2) is 6.38. The first-order valence-corrected chi connectivity index (χ1v) is 7.51. The van der Waals surface area contributed by atoms with Crippen molar-refractivity contribution in [3.63, 3.8) is 0 Å². The van der Waals surface area contributed by atoms with E-state index in [1.165, 1.54) is 38.0 Å². The summed E-state index contributed by atoms with van der Waals surface area (Å²) in [5.41, 5.74) is 2.99. The van der Waals surface area contributed by atoms with E-state index in [1.54, 1.807) is 0 Å². The SMILES string of the molecule is CCCNCc1cc(N2CCC(C)(C)CC2)ccn1. The van der Waals surface area contributed by atoms with Crippen LogP contribution >= 0.6 is 0 Å². The second-order valence-corrected chi connectivity index (χ2v) is 6.33. The fraction of sp³-hybridized carbons (Fsp3) is 0.688. The van der Waals surface area contributed by atoms with Gasteiger partial charge in [-0.25, -0.2) is 0 Å². The van der Waals surface area contributed by atoms with Gasteiger partial charge in [0.05, 0.1) is 5.69 Å². The van der Waals surface area contributed by atoms with Crippen LogP contribution in [0.3, 0.4) is 0 Å². The van der Waals surface area contributed by atoms with Crippen molar-refractivity contribution in [2.45, 2.75) is 46.6 Å². The van der Waals surface area contributed by atoms with Crippen LogP contribution < -0.4 is 10.2 Å². The van der Waals surface area contributed by atoms with E-state index in [0.29, 0.717) is 5.41 Å². The lowest BCUT2D eigenvalue weighted by molar-refractivity contribution is 0.280. The van der Waals surface area contributed by atoms with Gasteiger partial charge in [0.25, 0.3) is 0 Å². The van der Waals surface area contributed by atoms with Crippen molar-refractivity contribution in [3.8, 4) is 0 Å². The zero-order chi connectivity index (χ0) is 13.7.